The van der Waals surface area contributed by atoms with Crippen molar-refractivity contribution in [1.29, 1.82) is 0 Å². The summed E-state index contributed by atoms with van der Waals surface area (Å²) in [6.45, 7) is 3.25. The van der Waals surface area contributed by atoms with Crippen molar-refractivity contribution in [3.05, 3.63) is 22.7 Å². The molecule has 5 rings (SSSR count). The molecule has 1 aromatic rings. The molecule has 1 aliphatic carbocycles. The molecule has 1 amide bonds. The Morgan fingerprint density at radius 1 is 1.52 bits per heavy atom. The molecule has 0 aromatic heterocycles. The fourth-order valence-corrected chi connectivity index (χ4v) is 4.38. The predicted molar refractivity (Wildman–Crippen MR) is 80.7 cm³/mol. The Balaban J connectivity index is 1.60. The molecule has 3 unspecified atom stereocenters. The van der Waals surface area contributed by atoms with Gasteiger partial charge in [-0.15, -0.1) is 0 Å². The van der Waals surface area contributed by atoms with Gasteiger partial charge in [-0.05, 0) is 24.9 Å². The molecular weight excluding hydrogens is 290 g/mol. The molecule has 112 valence electrons. The molecule has 1 aromatic carbocycles. The van der Waals surface area contributed by atoms with Crippen molar-refractivity contribution in [2.75, 3.05) is 32.5 Å². The standard InChI is InChI=1S/C15H18ClN3O2/c1-21-13-5-12(17)11(16)4-8(13)14(20)18-15-7-19-3-2-9(15)10(15)6-19/h4-5,9-10H,2-3,6-7,17H2,1H3,(H,18,20)/t9?,10?,15-/m1/s1. The Morgan fingerprint density at radius 2 is 2.33 bits per heavy atom. The Morgan fingerprint density at radius 3 is 2.90 bits per heavy atom. The second-order valence-corrected chi connectivity index (χ2v) is 6.71. The molecule has 5 nitrogen and oxygen atoms in total. The minimum Gasteiger partial charge on any atom is -0.496 e. The van der Waals surface area contributed by atoms with E-state index in [0.29, 0.717) is 33.9 Å². The van der Waals surface area contributed by atoms with Crippen LogP contribution in [0.5, 0.6) is 5.75 Å². The molecule has 0 spiro atoms. The Hall–Kier alpha value is -1.46. The molecule has 3 heterocycles. The quantitative estimate of drug-likeness (QED) is 0.828. The number of carbonyl (C=O) groups is 1. The van der Waals surface area contributed by atoms with E-state index in [1.165, 1.54) is 13.5 Å². The zero-order valence-corrected chi connectivity index (χ0v) is 12.6. The van der Waals surface area contributed by atoms with E-state index in [9.17, 15) is 4.79 Å². The van der Waals surface area contributed by atoms with Crippen LogP contribution in [-0.4, -0.2) is 43.1 Å². The largest absolute Gasteiger partial charge is 0.496 e. The van der Waals surface area contributed by atoms with Crippen LogP contribution >= 0.6 is 11.6 Å². The van der Waals surface area contributed by atoms with Crippen LogP contribution in [0.15, 0.2) is 12.1 Å². The molecule has 3 saturated heterocycles. The molecule has 4 atom stereocenters. The Labute approximate surface area is 128 Å². The number of nitrogens with zero attached hydrogens (tertiary/aromatic N) is 1. The minimum absolute atomic E-state index is 0.0196. The molecule has 3 N–H and O–H groups in total. The first-order valence-electron chi connectivity index (χ1n) is 7.23. The topological polar surface area (TPSA) is 67.6 Å². The Bertz CT molecular complexity index is 630. The normalized spacial score (nSPS) is 35.4. The Kier molecular flexibility index (Phi) is 2.69. The van der Waals surface area contributed by atoms with Crippen LogP contribution in [0.3, 0.4) is 0 Å². The van der Waals surface area contributed by atoms with Gasteiger partial charge < -0.3 is 20.7 Å². The lowest BCUT2D eigenvalue weighted by molar-refractivity contribution is 0.0906. The monoisotopic (exact) mass is 307 g/mol. The summed E-state index contributed by atoms with van der Waals surface area (Å²) in [6.07, 6.45) is 1.19. The lowest BCUT2D eigenvalue weighted by atomic mass is 10.0. The number of hydrogen-bond acceptors (Lipinski definition) is 4. The number of methoxy groups -OCH3 is 1. The summed E-state index contributed by atoms with van der Waals surface area (Å²) in [5.74, 6) is 1.60. The summed E-state index contributed by atoms with van der Waals surface area (Å²) in [6, 6.07) is 3.19. The number of nitrogens with two attached hydrogens (primary N) is 1. The smallest absolute Gasteiger partial charge is 0.255 e. The highest BCUT2D eigenvalue weighted by Crippen LogP contribution is 2.60. The van der Waals surface area contributed by atoms with Gasteiger partial charge in [-0.1, -0.05) is 11.6 Å². The fourth-order valence-electron chi connectivity index (χ4n) is 4.21. The summed E-state index contributed by atoms with van der Waals surface area (Å²) < 4.78 is 5.27. The number of piperidine rings is 3. The van der Waals surface area contributed by atoms with E-state index >= 15 is 0 Å². The number of benzene rings is 1. The van der Waals surface area contributed by atoms with Gasteiger partial charge >= 0.3 is 0 Å². The van der Waals surface area contributed by atoms with E-state index in [2.05, 4.69) is 10.2 Å². The van der Waals surface area contributed by atoms with E-state index < -0.39 is 0 Å². The lowest BCUT2D eigenvalue weighted by Gasteiger charge is -2.30. The van der Waals surface area contributed by atoms with E-state index in [1.54, 1.807) is 12.1 Å². The van der Waals surface area contributed by atoms with Crippen LogP contribution in [0.1, 0.15) is 16.8 Å². The summed E-state index contributed by atoms with van der Waals surface area (Å²) in [7, 11) is 1.53. The molecule has 6 heteroatoms. The molecule has 4 bridgehead atoms. The number of nitrogen functional groups attached to an aromatic ring is 1. The average molecular weight is 308 g/mol. The van der Waals surface area contributed by atoms with Crippen molar-refractivity contribution in [3.8, 4) is 5.75 Å². The van der Waals surface area contributed by atoms with E-state index in [4.69, 9.17) is 22.1 Å². The van der Waals surface area contributed by atoms with Gasteiger partial charge in [-0.3, -0.25) is 4.79 Å². The van der Waals surface area contributed by atoms with E-state index in [0.717, 1.165) is 19.6 Å². The van der Waals surface area contributed by atoms with Gasteiger partial charge in [0.15, 0.2) is 0 Å². The van der Waals surface area contributed by atoms with Crippen LogP contribution < -0.4 is 15.8 Å². The van der Waals surface area contributed by atoms with Crippen LogP contribution in [-0.2, 0) is 0 Å². The minimum atomic E-state index is -0.120. The average Bonchev–Trinajstić information content (AvgIpc) is 2.97. The molecule has 0 radical (unpaired) electrons. The maximum Gasteiger partial charge on any atom is 0.255 e. The van der Waals surface area contributed by atoms with E-state index in [1.807, 2.05) is 0 Å². The summed E-state index contributed by atoms with van der Waals surface area (Å²) in [5, 5.41) is 3.62. The predicted octanol–water partition coefficient (Wildman–Crippen LogP) is 1.36. The third-order valence-corrected chi connectivity index (χ3v) is 5.63. The first-order valence-corrected chi connectivity index (χ1v) is 7.61. The van der Waals surface area contributed by atoms with Gasteiger partial charge in [-0.2, -0.15) is 0 Å². The van der Waals surface area contributed by atoms with Gasteiger partial charge in [0, 0.05) is 25.1 Å². The fraction of sp³-hybridized carbons (Fsp3) is 0.533. The number of halogens is 1. The first kappa shape index (κ1) is 13.2. The van der Waals surface area contributed by atoms with Crippen molar-refractivity contribution in [3.63, 3.8) is 0 Å². The summed E-state index contributed by atoms with van der Waals surface area (Å²) >= 11 is 6.04. The number of hydrogen-bond donors (Lipinski definition) is 2. The van der Waals surface area contributed by atoms with Crippen molar-refractivity contribution >= 4 is 23.2 Å². The molecule has 21 heavy (non-hydrogen) atoms. The second kappa shape index (κ2) is 4.27. The zero-order valence-electron chi connectivity index (χ0n) is 11.9. The third kappa shape index (κ3) is 1.77. The number of nitrogens with one attached hydrogen (secondary N) is 1. The van der Waals surface area contributed by atoms with Crippen LogP contribution in [0.25, 0.3) is 0 Å². The zero-order chi connectivity index (χ0) is 14.8. The highest BCUT2D eigenvalue weighted by atomic mass is 35.5. The van der Waals surface area contributed by atoms with Crippen LogP contribution in [0, 0.1) is 11.8 Å². The van der Waals surface area contributed by atoms with Crippen LogP contribution in [0.4, 0.5) is 5.69 Å². The van der Waals surface area contributed by atoms with Gasteiger partial charge in [0.1, 0.15) is 5.75 Å². The number of amides is 1. The molecular formula is C15H18ClN3O2. The first-order chi connectivity index (χ1) is 10.0. The van der Waals surface area contributed by atoms with Gasteiger partial charge in [-0.25, -0.2) is 0 Å². The molecule has 3 aliphatic heterocycles. The number of fused-ring (bicyclic) bond motifs is 1. The SMILES string of the molecule is COc1cc(N)c(Cl)cc1C(=O)N[C@]12CN3CCC1C2C3. The summed E-state index contributed by atoms with van der Waals surface area (Å²) in [4.78, 5) is 15.1. The van der Waals surface area contributed by atoms with E-state index in [-0.39, 0.29) is 11.4 Å². The highest BCUT2D eigenvalue weighted by Gasteiger charge is 2.71. The third-order valence-electron chi connectivity index (χ3n) is 5.31. The maximum atomic E-state index is 12.6. The number of anilines is 1. The van der Waals surface area contributed by atoms with Crippen molar-refractivity contribution in [1.82, 2.24) is 10.2 Å². The molecule has 1 saturated carbocycles. The van der Waals surface area contributed by atoms with Crippen LogP contribution in [0.2, 0.25) is 5.02 Å². The maximum absolute atomic E-state index is 12.6. The van der Waals surface area contributed by atoms with Gasteiger partial charge in [0.2, 0.25) is 0 Å². The highest BCUT2D eigenvalue weighted by molar-refractivity contribution is 6.33. The number of carbonyl (C=O) groups excluding carboxylic acids is 1. The summed E-state index contributed by atoms with van der Waals surface area (Å²) in [5.41, 5.74) is 6.61. The van der Waals surface area contributed by atoms with Crippen molar-refractivity contribution in [2.45, 2.75) is 12.0 Å². The van der Waals surface area contributed by atoms with Crippen molar-refractivity contribution < 1.29 is 9.53 Å². The lowest BCUT2D eigenvalue weighted by Crippen LogP contribution is -2.47. The molecule has 4 aliphatic rings. The molecule has 4 fully saturated rings. The van der Waals surface area contributed by atoms with Gasteiger partial charge in [0.25, 0.3) is 5.91 Å². The number of ether oxygens (including phenoxy) is 1. The van der Waals surface area contributed by atoms with Gasteiger partial charge in [0.05, 0.1) is 28.9 Å². The number of rotatable bonds is 3. The second-order valence-electron chi connectivity index (χ2n) is 6.31. The van der Waals surface area contributed by atoms with Crippen molar-refractivity contribution in [2.24, 2.45) is 11.8 Å².